The van der Waals surface area contributed by atoms with Crippen LogP contribution in [0.2, 0.25) is 0 Å². The molecule has 0 radical (unpaired) electrons. The number of aromatic nitrogens is 2. The van der Waals surface area contributed by atoms with E-state index in [9.17, 15) is 0 Å². The summed E-state index contributed by atoms with van der Waals surface area (Å²) >= 11 is 0. The van der Waals surface area contributed by atoms with Crippen molar-refractivity contribution in [2.24, 2.45) is 0 Å². The first kappa shape index (κ1) is 9.37. The fourth-order valence-corrected chi connectivity index (χ4v) is 2.26. The fraction of sp³-hybridized carbons (Fsp3) is 0.700. The number of rotatable bonds is 2. The third-order valence-corrected chi connectivity index (χ3v) is 2.95. The molecule has 78 valence electrons. The van der Waals surface area contributed by atoms with Gasteiger partial charge in [0.05, 0.1) is 0 Å². The van der Waals surface area contributed by atoms with E-state index in [0.29, 0.717) is 11.9 Å². The van der Waals surface area contributed by atoms with E-state index in [1.54, 1.807) is 0 Å². The van der Waals surface area contributed by atoms with Gasteiger partial charge in [-0.05, 0) is 26.2 Å². The van der Waals surface area contributed by atoms with E-state index in [0.717, 1.165) is 18.2 Å². The second-order valence-corrected chi connectivity index (χ2v) is 3.96. The van der Waals surface area contributed by atoms with Crippen LogP contribution in [0.15, 0.2) is 0 Å². The van der Waals surface area contributed by atoms with Crippen LogP contribution in [-0.2, 0) is 0 Å². The second kappa shape index (κ2) is 3.52. The molecule has 4 heteroatoms. The highest BCUT2D eigenvalue weighted by atomic mass is 15.3. The van der Waals surface area contributed by atoms with Crippen molar-refractivity contribution in [1.82, 2.24) is 9.97 Å². The van der Waals surface area contributed by atoms with Crippen molar-refractivity contribution >= 4 is 11.6 Å². The number of aryl methyl sites for hydroxylation is 1. The van der Waals surface area contributed by atoms with E-state index in [-0.39, 0.29) is 0 Å². The minimum Gasteiger partial charge on any atom is -0.382 e. The number of hydrogen-bond donors (Lipinski definition) is 2. The van der Waals surface area contributed by atoms with Crippen LogP contribution in [0.25, 0.3) is 0 Å². The molecule has 0 bridgehead atoms. The van der Waals surface area contributed by atoms with Crippen molar-refractivity contribution in [3.63, 3.8) is 0 Å². The Morgan fingerprint density at radius 1 is 1.64 bits per heavy atom. The minimum absolute atomic E-state index is 0.625. The lowest BCUT2D eigenvalue weighted by Crippen LogP contribution is -2.29. The molecule has 14 heavy (non-hydrogen) atoms. The summed E-state index contributed by atoms with van der Waals surface area (Å²) in [5, 5.41) is 0. The Balaban J connectivity index is 2.25. The molecule has 2 rings (SSSR count). The molecule has 1 fully saturated rings. The molecule has 0 spiro atoms. The normalized spacial score (nSPS) is 21.9. The largest absolute Gasteiger partial charge is 0.382 e. The first-order valence-corrected chi connectivity index (χ1v) is 5.31. The molecule has 0 amide bonds. The Morgan fingerprint density at radius 2 is 2.43 bits per heavy atom. The van der Waals surface area contributed by atoms with E-state index in [1.807, 2.05) is 6.92 Å². The van der Waals surface area contributed by atoms with E-state index in [1.165, 1.54) is 19.3 Å². The molecule has 1 aliphatic rings. The molecule has 0 aromatic carbocycles. The number of nitrogens with one attached hydrogen (secondary N) is 1. The predicted octanol–water partition coefficient (Wildman–Crippen LogP) is 1.68. The molecular weight excluding hydrogens is 176 g/mol. The molecule has 0 aliphatic carbocycles. The Bertz CT molecular complexity index is 318. The number of anilines is 2. The fourth-order valence-electron chi connectivity index (χ4n) is 2.26. The van der Waals surface area contributed by atoms with E-state index >= 15 is 0 Å². The van der Waals surface area contributed by atoms with Gasteiger partial charge < -0.3 is 15.6 Å². The molecule has 1 atom stereocenters. The van der Waals surface area contributed by atoms with Gasteiger partial charge in [0.2, 0.25) is 0 Å². The second-order valence-electron chi connectivity index (χ2n) is 3.96. The maximum absolute atomic E-state index is 5.88. The number of aromatic amines is 1. The topological polar surface area (TPSA) is 57.9 Å². The SMILES string of the molecule is CCC1CCCN1c1nc(C)[nH]c1N. The van der Waals surface area contributed by atoms with Crippen LogP contribution in [0.3, 0.4) is 0 Å². The molecule has 2 heterocycles. The van der Waals surface area contributed by atoms with Gasteiger partial charge in [-0.25, -0.2) is 4.98 Å². The summed E-state index contributed by atoms with van der Waals surface area (Å²) in [4.78, 5) is 9.82. The summed E-state index contributed by atoms with van der Waals surface area (Å²) in [7, 11) is 0. The van der Waals surface area contributed by atoms with Crippen molar-refractivity contribution in [3.8, 4) is 0 Å². The summed E-state index contributed by atoms with van der Waals surface area (Å²) in [6.07, 6.45) is 3.69. The van der Waals surface area contributed by atoms with Crippen molar-refractivity contribution in [2.45, 2.75) is 39.2 Å². The Labute approximate surface area is 84.5 Å². The summed E-state index contributed by atoms with van der Waals surface area (Å²) in [6.45, 7) is 5.25. The van der Waals surface area contributed by atoms with Crippen molar-refractivity contribution in [1.29, 1.82) is 0 Å². The Kier molecular flexibility index (Phi) is 2.35. The predicted molar refractivity (Wildman–Crippen MR) is 58.4 cm³/mol. The molecule has 1 aromatic heterocycles. The minimum atomic E-state index is 0.625. The van der Waals surface area contributed by atoms with Gasteiger partial charge in [-0.15, -0.1) is 0 Å². The van der Waals surface area contributed by atoms with Gasteiger partial charge in [0, 0.05) is 12.6 Å². The highest BCUT2D eigenvalue weighted by Gasteiger charge is 2.26. The van der Waals surface area contributed by atoms with Crippen LogP contribution in [0.1, 0.15) is 32.0 Å². The lowest BCUT2D eigenvalue weighted by molar-refractivity contribution is 0.642. The Morgan fingerprint density at radius 3 is 3.00 bits per heavy atom. The highest BCUT2D eigenvalue weighted by Crippen LogP contribution is 2.29. The maximum Gasteiger partial charge on any atom is 0.171 e. The molecular formula is C10H18N4. The lowest BCUT2D eigenvalue weighted by Gasteiger charge is -2.23. The monoisotopic (exact) mass is 194 g/mol. The van der Waals surface area contributed by atoms with Gasteiger partial charge >= 0.3 is 0 Å². The van der Waals surface area contributed by atoms with Gasteiger partial charge in [0.25, 0.3) is 0 Å². The smallest absolute Gasteiger partial charge is 0.171 e. The van der Waals surface area contributed by atoms with Crippen LogP contribution >= 0.6 is 0 Å². The van der Waals surface area contributed by atoms with Crippen LogP contribution in [-0.4, -0.2) is 22.6 Å². The lowest BCUT2D eigenvalue weighted by atomic mass is 10.2. The average molecular weight is 194 g/mol. The van der Waals surface area contributed by atoms with E-state index in [2.05, 4.69) is 21.8 Å². The van der Waals surface area contributed by atoms with E-state index in [4.69, 9.17) is 5.73 Å². The van der Waals surface area contributed by atoms with Crippen molar-refractivity contribution in [2.75, 3.05) is 17.2 Å². The Hall–Kier alpha value is -1.19. The summed E-state index contributed by atoms with van der Waals surface area (Å²) in [5.41, 5.74) is 5.88. The molecule has 0 saturated carbocycles. The summed E-state index contributed by atoms with van der Waals surface area (Å²) < 4.78 is 0. The zero-order valence-corrected chi connectivity index (χ0v) is 8.88. The number of H-pyrrole nitrogens is 1. The first-order chi connectivity index (χ1) is 6.72. The number of hydrogen-bond acceptors (Lipinski definition) is 3. The number of imidazole rings is 1. The zero-order valence-electron chi connectivity index (χ0n) is 8.88. The van der Waals surface area contributed by atoms with Crippen LogP contribution < -0.4 is 10.6 Å². The quantitative estimate of drug-likeness (QED) is 0.753. The summed E-state index contributed by atoms with van der Waals surface area (Å²) in [5.74, 6) is 2.56. The third-order valence-electron chi connectivity index (χ3n) is 2.95. The number of nitrogens with zero attached hydrogens (tertiary/aromatic N) is 2. The number of nitrogen functional groups attached to an aromatic ring is 1. The van der Waals surface area contributed by atoms with Gasteiger partial charge in [0.15, 0.2) is 5.82 Å². The van der Waals surface area contributed by atoms with Crippen LogP contribution in [0.4, 0.5) is 11.6 Å². The molecule has 4 nitrogen and oxygen atoms in total. The third kappa shape index (κ3) is 1.45. The molecule has 3 N–H and O–H groups in total. The summed E-state index contributed by atoms with van der Waals surface area (Å²) in [6, 6.07) is 0.625. The van der Waals surface area contributed by atoms with Crippen molar-refractivity contribution in [3.05, 3.63) is 5.82 Å². The molecule has 1 aliphatic heterocycles. The van der Waals surface area contributed by atoms with Gasteiger partial charge in [0.1, 0.15) is 11.6 Å². The number of nitrogens with two attached hydrogens (primary N) is 1. The molecule has 1 saturated heterocycles. The van der Waals surface area contributed by atoms with E-state index < -0.39 is 0 Å². The van der Waals surface area contributed by atoms with Gasteiger partial charge in [-0.2, -0.15) is 0 Å². The standard InChI is InChI=1S/C10H18N4/c1-3-8-5-4-6-14(8)10-9(11)12-7(2)13-10/h8H,3-6,11H2,1-2H3,(H,12,13). The molecule has 1 aromatic rings. The van der Waals surface area contributed by atoms with Crippen LogP contribution in [0.5, 0.6) is 0 Å². The average Bonchev–Trinajstić information content (AvgIpc) is 2.71. The van der Waals surface area contributed by atoms with Gasteiger partial charge in [-0.1, -0.05) is 6.92 Å². The van der Waals surface area contributed by atoms with Crippen LogP contribution in [0, 0.1) is 6.92 Å². The molecule has 1 unspecified atom stereocenters. The maximum atomic E-state index is 5.88. The highest BCUT2D eigenvalue weighted by molar-refractivity contribution is 5.60. The zero-order chi connectivity index (χ0) is 10.1. The first-order valence-electron chi connectivity index (χ1n) is 5.31. The van der Waals surface area contributed by atoms with Gasteiger partial charge in [-0.3, -0.25) is 0 Å². The van der Waals surface area contributed by atoms with Crippen molar-refractivity contribution < 1.29 is 0 Å².